The molecular weight excluding hydrogens is 224 g/mol. The summed E-state index contributed by atoms with van der Waals surface area (Å²) in [7, 11) is 0. The van der Waals surface area contributed by atoms with E-state index >= 15 is 0 Å². The minimum absolute atomic E-state index is 0.457. The van der Waals surface area contributed by atoms with Gasteiger partial charge in [0.25, 0.3) is 0 Å². The van der Waals surface area contributed by atoms with Gasteiger partial charge in [0.1, 0.15) is 5.60 Å². The van der Waals surface area contributed by atoms with Crippen molar-refractivity contribution in [2.24, 2.45) is 0 Å². The molecule has 0 aliphatic heterocycles. The summed E-state index contributed by atoms with van der Waals surface area (Å²) in [5.74, 6) is 0.457. The van der Waals surface area contributed by atoms with Crippen LogP contribution in [0.2, 0.25) is 0 Å². The normalized spacial score (nSPS) is 11.6. The second kappa shape index (κ2) is 4.50. The van der Waals surface area contributed by atoms with Crippen LogP contribution in [0.15, 0.2) is 30.3 Å². The molecule has 0 saturated heterocycles. The lowest BCUT2D eigenvalue weighted by Crippen LogP contribution is -2.20. The van der Waals surface area contributed by atoms with Crippen molar-refractivity contribution < 1.29 is 5.11 Å². The second-order valence-corrected chi connectivity index (χ2v) is 5.14. The molecule has 1 heterocycles. The number of aliphatic hydroxyl groups is 1. The summed E-state index contributed by atoms with van der Waals surface area (Å²) >= 11 is 0. The van der Waals surface area contributed by atoms with Gasteiger partial charge in [-0.25, -0.2) is 9.97 Å². The number of aryl methyl sites for hydroxylation is 2. The number of hydrogen-bond acceptors (Lipinski definition) is 3. The molecule has 0 bridgehead atoms. The Bertz CT molecular complexity index is 554. The van der Waals surface area contributed by atoms with Crippen molar-refractivity contribution in [1.29, 1.82) is 0 Å². The summed E-state index contributed by atoms with van der Waals surface area (Å²) < 4.78 is 0. The molecule has 18 heavy (non-hydrogen) atoms. The third kappa shape index (κ3) is 2.74. The van der Waals surface area contributed by atoms with Crippen LogP contribution in [0.25, 0.3) is 11.3 Å². The number of benzene rings is 1. The average molecular weight is 242 g/mol. The fourth-order valence-corrected chi connectivity index (χ4v) is 1.71. The third-order valence-corrected chi connectivity index (χ3v) is 2.75. The van der Waals surface area contributed by atoms with Gasteiger partial charge in [-0.1, -0.05) is 29.8 Å². The lowest BCUT2D eigenvalue weighted by molar-refractivity contribution is 0.0686. The van der Waals surface area contributed by atoms with E-state index in [1.807, 2.05) is 25.1 Å². The quantitative estimate of drug-likeness (QED) is 0.880. The Morgan fingerprint density at radius 3 is 2.17 bits per heavy atom. The summed E-state index contributed by atoms with van der Waals surface area (Å²) in [6.45, 7) is 7.35. The van der Waals surface area contributed by atoms with Crippen molar-refractivity contribution in [3.8, 4) is 11.3 Å². The highest BCUT2D eigenvalue weighted by atomic mass is 16.3. The lowest BCUT2D eigenvalue weighted by atomic mass is 10.1. The summed E-state index contributed by atoms with van der Waals surface area (Å²) in [6, 6.07) is 10.1. The van der Waals surface area contributed by atoms with Gasteiger partial charge in [0, 0.05) is 11.3 Å². The first-order valence-corrected chi connectivity index (χ1v) is 6.02. The highest BCUT2D eigenvalue weighted by Crippen LogP contribution is 2.22. The summed E-state index contributed by atoms with van der Waals surface area (Å²) in [4.78, 5) is 8.73. The van der Waals surface area contributed by atoms with Gasteiger partial charge >= 0.3 is 0 Å². The van der Waals surface area contributed by atoms with E-state index in [0.29, 0.717) is 5.82 Å². The van der Waals surface area contributed by atoms with E-state index < -0.39 is 5.60 Å². The van der Waals surface area contributed by atoms with Crippen LogP contribution in [0.3, 0.4) is 0 Å². The zero-order valence-electron chi connectivity index (χ0n) is 11.2. The number of aromatic nitrogens is 2. The smallest absolute Gasteiger partial charge is 0.160 e. The Morgan fingerprint density at radius 1 is 1.00 bits per heavy atom. The molecule has 1 aromatic heterocycles. The van der Waals surface area contributed by atoms with Crippen LogP contribution in [0.4, 0.5) is 0 Å². The molecule has 0 fully saturated rings. The molecule has 94 valence electrons. The number of hydrogen-bond donors (Lipinski definition) is 1. The molecule has 0 saturated carbocycles. The van der Waals surface area contributed by atoms with E-state index in [1.165, 1.54) is 5.56 Å². The third-order valence-electron chi connectivity index (χ3n) is 2.75. The summed E-state index contributed by atoms with van der Waals surface area (Å²) in [6.07, 6.45) is 0. The first-order chi connectivity index (χ1) is 8.36. The fourth-order valence-electron chi connectivity index (χ4n) is 1.71. The van der Waals surface area contributed by atoms with Gasteiger partial charge in [0.05, 0.1) is 5.69 Å². The highest BCUT2D eigenvalue weighted by molar-refractivity contribution is 5.59. The maximum absolute atomic E-state index is 10.0. The van der Waals surface area contributed by atoms with Crippen molar-refractivity contribution in [2.45, 2.75) is 33.3 Å². The number of nitrogens with zero attached hydrogens (tertiary/aromatic N) is 2. The van der Waals surface area contributed by atoms with Crippen molar-refractivity contribution in [3.05, 3.63) is 47.4 Å². The maximum atomic E-state index is 10.0. The van der Waals surface area contributed by atoms with Crippen molar-refractivity contribution >= 4 is 0 Å². The second-order valence-electron chi connectivity index (χ2n) is 5.14. The minimum Gasteiger partial charge on any atom is -0.382 e. The van der Waals surface area contributed by atoms with Gasteiger partial charge in [0.2, 0.25) is 0 Å². The zero-order chi connectivity index (χ0) is 13.3. The van der Waals surface area contributed by atoms with E-state index in [-0.39, 0.29) is 0 Å². The largest absolute Gasteiger partial charge is 0.382 e. The maximum Gasteiger partial charge on any atom is 0.160 e. The van der Waals surface area contributed by atoms with E-state index in [9.17, 15) is 5.11 Å². The van der Waals surface area contributed by atoms with Gasteiger partial charge in [-0.15, -0.1) is 0 Å². The molecule has 0 atom stereocenters. The summed E-state index contributed by atoms with van der Waals surface area (Å²) in [5, 5.41) is 10.0. The Morgan fingerprint density at radius 2 is 1.61 bits per heavy atom. The molecule has 3 nitrogen and oxygen atoms in total. The van der Waals surface area contributed by atoms with Crippen LogP contribution >= 0.6 is 0 Å². The molecule has 0 spiro atoms. The van der Waals surface area contributed by atoms with E-state index in [0.717, 1.165) is 17.0 Å². The number of rotatable bonds is 2. The van der Waals surface area contributed by atoms with E-state index in [4.69, 9.17) is 0 Å². The van der Waals surface area contributed by atoms with Crippen molar-refractivity contribution in [1.82, 2.24) is 9.97 Å². The standard InChI is InChI=1S/C15H18N2O/c1-10-5-7-12(8-6-10)13-9-11(2)16-14(17-13)15(3,4)18/h5-9,18H,1-4H3. The topological polar surface area (TPSA) is 46.0 Å². The highest BCUT2D eigenvalue weighted by Gasteiger charge is 2.20. The Hall–Kier alpha value is -1.74. The van der Waals surface area contributed by atoms with Crippen LogP contribution < -0.4 is 0 Å². The van der Waals surface area contributed by atoms with Crippen LogP contribution in [-0.2, 0) is 5.60 Å². The SMILES string of the molecule is Cc1ccc(-c2cc(C)nc(C(C)(C)O)n2)cc1. The van der Waals surface area contributed by atoms with Gasteiger partial charge in [-0.3, -0.25) is 0 Å². The van der Waals surface area contributed by atoms with Crippen LogP contribution in [0.5, 0.6) is 0 Å². The van der Waals surface area contributed by atoms with Crippen molar-refractivity contribution in [3.63, 3.8) is 0 Å². The van der Waals surface area contributed by atoms with E-state index in [2.05, 4.69) is 29.0 Å². The predicted octanol–water partition coefficient (Wildman–Crippen LogP) is 2.99. The molecule has 1 aromatic carbocycles. The average Bonchev–Trinajstić information content (AvgIpc) is 2.28. The molecule has 1 N–H and O–H groups in total. The monoisotopic (exact) mass is 242 g/mol. The summed E-state index contributed by atoms with van der Waals surface area (Å²) in [5.41, 5.74) is 2.94. The molecule has 0 unspecified atom stereocenters. The van der Waals surface area contributed by atoms with Gasteiger partial charge in [-0.05, 0) is 33.8 Å². The Kier molecular flexibility index (Phi) is 3.18. The molecular formula is C15H18N2O. The first-order valence-electron chi connectivity index (χ1n) is 6.02. The molecule has 0 radical (unpaired) electrons. The van der Waals surface area contributed by atoms with Crippen LogP contribution in [0.1, 0.15) is 30.9 Å². The van der Waals surface area contributed by atoms with Crippen LogP contribution in [-0.4, -0.2) is 15.1 Å². The fraction of sp³-hybridized carbons (Fsp3) is 0.333. The molecule has 2 aromatic rings. The van der Waals surface area contributed by atoms with Gasteiger partial charge in [0.15, 0.2) is 5.82 Å². The lowest BCUT2D eigenvalue weighted by Gasteiger charge is -2.17. The van der Waals surface area contributed by atoms with Crippen LogP contribution in [0, 0.1) is 13.8 Å². The van der Waals surface area contributed by atoms with Gasteiger partial charge < -0.3 is 5.11 Å². The molecule has 0 aliphatic carbocycles. The predicted molar refractivity (Wildman–Crippen MR) is 72.2 cm³/mol. The van der Waals surface area contributed by atoms with Crippen molar-refractivity contribution in [2.75, 3.05) is 0 Å². The Labute approximate surface area is 108 Å². The first kappa shape index (κ1) is 12.7. The molecule has 0 aliphatic rings. The molecule has 3 heteroatoms. The van der Waals surface area contributed by atoms with Gasteiger partial charge in [-0.2, -0.15) is 0 Å². The van der Waals surface area contributed by atoms with E-state index in [1.54, 1.807) is 13.8 Å². The zero-order valence-corrected chi connectivity index (χ0v) is 11.2. The minimum atomic E-state index is -1.02. The molecule has 0 amide bonds. The Balaban J connectivity index is 2.52. The molecule has 2 rings (SSSR count).